The number of para-hydroxylation sites is 1. The minimum Gasteiger partial charge on any atom is -0.496 e. The lowest BCUT2D eigenvalue weighted by Crippen LogP contribution is -2.41. The SMILES string of the molecule is COc1cc(C(C)=O)ccc1OCC(=O)NCC1(c2ccccc2OC)CCCC1. The van der Waals surface area contributed by atoms with E-state index in [0.717, 1.165) is 37.0 Å². The van der Waals surface area contributed by atoms with Crippen LogP contribution >= 0.6 is 0 Å². The first-order chi connectivity index (χ1) is 14.5. The highest BCUT2D eigenvalue weighted by atomic mass is 16.5. The van der Waals surface area contributed by atoms with Crippen molar-refractivity contribution in [2.45, 2.75) is 38.0 Å². The molecule has 0 radical (unpaired) electrons. The quantitative estimate of drug-likeness (QED) is 0.633. The standard InChI is InChI=1S/C24H29NO5/c1-17(26)18-10-11-21(22(14-18)29-3)30-15-23(27)25-16-24(12-6-7-13-24)19-8-4-5-9-20(19)28-2/h4-5,8-11,14H,6-7,12-13,15-16H2,1-3H3,(H,25,27). The smallest absolute Gasteiger partial charge is 0.257 e. The maximum Gasteiger partial charge on any atom is 0.257 e. The van der Waals surface area contributed by atoms with Crippen molar-refractivity contribution in [2.24, 2.45) is 0 Å². The average Bonchev–Trinajstić information content (AvgIpc) is 3.26. The third-order valence-electron chi connectivity index (χ3n) is 5.79. The van der Waals surface area contributed by atoms with E-state index in [1.54, 1.807) is 25.3 Å². The van der Waals surface area contributed by atoms with Crippen LogP contribution in [-0.4, -0.2) is 39.1 Å². The third-order valence-corrected chi connectivity index (χ3v) is 5.79. The molecule has 0 atom stereocenters. The molecule has 1 aliphatic rings. The van der Waals surface area contributed by atoms with Crippen LogP contribution in [0.1, 0.15) is 48.5 Å². The van der Waals surface area contributed by atoms with Crippen molar-refractivity contribution in [3.05, 3.63) is 53.6 Å². The second-order valence-electron chi connectivity index (χ2n) is 7.67. The highest BCUT2D eigenvalue weighted by Crippen LogP contribution is 2.44. The molecule has 30 heavy (non-hydrogen) atoms. The van der Waals surface area contributed by atoms with E-state index < -0.39 is 0 Å². The number of ketones is 1. The molecule has 1 amide bonds. The van der Waals surface area contributed by atoms with Gasteiger partial charge in [0.15, 0.2) is 23.9 Å². The molecule has 1 N–H and O–H groups in total. The lowest BCUT2D eigenvalue weighted by molar-refractivity contribution is -0.123. The Morgan fingerprint density at radius 1 is 0.967 bits per heavy atom. The van der Waals surface area contributed by atoms with Crippen molar-refractivity contribution in [1.29, 1.82) is 0 Å². The molecule has 6 heteroatoms. The van der Waals surface area contributed by atoms with E-state index in [-0.39, 0.29) is 23.7 Å². The van der Waals surface area contributed by atoms with E-state index >= 15 is 0 Å². The summed E-state index contributed by atoms with van der Waals surface area (Å²) in [5.74, 6) is 1.46. The largest absolute Gasteiger partial charge is 0.496 e. The first-order valence-corrected chi connectivity index (χ1v) is 10.2. The number of carbonyl (C=O) groups is 2. The summed E-state index contributed by atoms with van der Waals surface area (Å²) in [6, 6.07) is 13.0. The number of hydrogen-bond donors (Lipinski definition) is 1. The van der Waals surface area contributed by atoms with Crippen LogP contribution in [0, 0.1) is 0 Å². The Hall–Kier alpha value is -3.02. The Morgan fingerprint density at radius 3 is 2.33 bits per heavy atom. The average molecular weight is 411 g/mol. The molecule has 160 valence electrons. The minimum atomic E-state index is -0.200. The Kier molecular flexibility index (Phi) is 6.98. The van der Waals surface area contributed by atoms with Crippen LogP contribution in [0.5, 0.6) is 17.2 Å². The van der Waals surface area contributed by atoms with E-state index in [1.807, 2.05) is 18.2 Å². The van der Waals surface area contributed by atoms with E-state index in [2.05, 4.69) is 11.4 Å². The van der Waals surface area contributed by atoms with Crippen LogP contribution in [0.4, 0.5) is 0 Å². The molecule has 0 unspecified atom stereocenters. The molecule has 0 aliphatic heterocycles. The number of nitrogens with one attached hydrogen (secondary N) is 1. The number of carbonyl (C=O) groups excluding carboxylic acids is 2. The highest BCUT2D eigenvalue weighted by Gasteiger charge is 2.38. The van der Waals surface area contributed by atoms with Gasteiger partial charge in [-0.3, -0.25) is 9.59 Å². The van der Waals surface area contributed by atoms with Gasteiger partial charge in [-0.1, -0.05) is 31.0 Å². The fourth-order valence-corrected chi connectivity index (χ4v) is 4.14. The second kappa shape index (κ2) is 9.65. The number of ether oxygens (including phenoxy) is 3. The van der Waals surface area contributed by atoms with Gasteiger partial charge < -0.3 is 19.5 Å². The Labute approximate surface area is 177 Å². The molecule has 1 saturated carbocycles. The van der Waals surface area contributed by atoms with E-state index in [0.29, 0.717) is 23.6 Å². The summed E-state index contributed by atoms with van der Waals surface area (Å²) in [5.41, 5.74) is 1.56. The minimum absolute atomic E-state index is 0.0594. The summed E-state index contributed by atoms with van der Waals surface area (Å²) < 4.78 is 16.5. The lowest BCUT2D eigenvalue weighted by Gasteiger charge is -2.31. The van der Waals surface area contributed by atoms with Gasteiger partial charge >= 0.3 is 0 Å². The molecule has 3 rings (SSSR count). The van der Waals surface area contributed by atoms with Crippen molar-refractivity contribution in [2.75, 3.05) is 27.4 Å². The first kappa shape index (κ1) is 21.7. The van der Waals surface area contributed by atoms with Crippen LogP contribution in [0.2, 0.25) is 0 Å². The van der Waals surface area contributed by atoms with Gasteiger partial charge in [-0.2, -0.15) is 0 Å². The molecule has 0 bridgehead atoms. The molecule has 0 aromatic heterocycles. The van der Waals surface area contributed by atoms with Crippen molar-refractivity contribution in [3.8, 4) is 17.2 Å². The summed E-state index contributed by atoms with van der Waals surface area (Å²) in [5, 5.41) is 3.04. The zero-order valence-corrected chi connectivity index (χ0v) is 17.8. The van der Waals surface area contributed by atoms with Gasteiger partial charge in [-0.05, 0) is 44.0 Å². The molecule has 0 heterocycles. The van der Waals surface area contributed by atoms with Gasteiger partial charge in [0.25, 0.3) is 5.91 Å². The van der Waals surface area contributed by atoms with Gasteiger partial charge in [0, 0.05) is 23.1 Å². The molecule has 0 spiro atoms. The predicted molar refractivity (Wildman–Crippen MR) is 115 cm³/mol. The van der Waals surface area contributed by atoms with Crippen LogP contribution in [0.25, 0.3) is 0 Å². The maximum atomic E-state index is 12.5. The number of benzene rings is 2. The number of amides is 1. The summed E-state index contributed by atoms with van der Waals surface area (Å²) in [6.45, 7) is 1.90. The summed E-state index contributed by atoms with van der Waals surface area (Å²) in [6.07, 6.45) is 4.28. The molecule has 1 fully saturated rings. The van der Waals surface area contributed by atoms with Crippen molar-refractivity contribution >= 4 is 11.7 Å². The van der Waals surface area contributed by atoms with E-state index in [4.69, 9.17) is 14.2 Å². The highest BCUT2D eigenvalue weighted by molar-refractivity contribution is 5.94. The lowest BCUT2D eigenvalue weighted by atomic mass is 9.78. The van der Waals surface area contributed by atoms with Gasteiger partial charge in [0.2, 0.25) is 0 Å². The molecule has 2 aromatic carbocycles. The monoisotopic (exact) mass is 411 g/mol. The number of rotatable bonds is 9. The third kappa shape index (κ3) is 4.75. The fraction of sp³-hybridized carbons (Fsp3) is 0.417. The normalized spacial score (nSPS) is 14.8. The van der Waals surface area contributed by atoms with E-state index in [1.165, 1.54) is 14.0 Å². The van der Waals surface area contributed by atoms with Gasteiger partial charge in [0.05, 0.1) is 14.2 Å². The van der Waals surface area contributed by atoms with Crippen molar-refractivity contribution < 1.29 is 23.8 Å². The van der Waals surface area contributed by atoms with E-state index in [9.17, 15) is 9.59 Å². The Balaban J connectivity index is 1.64. The van der Waals surface area contributed by atoms with Gasteiger partial charge in [-0.15, -0.1) is 0 Å². The molecule has 0 saturated heterocycles. The number of methoxy groups -OCH3 is 2. The Morgan fingerprint density at radius 2 is 1.67 bits per heavy atom. The van der Waals surface area contributed by atoms with Gasteiger partial charge in [-0.25, -0.2) is 0 Å². The number of hydrogen-bond acceptors (Lipinski definition) is 5. The van der Waals surface area contributed by atoms with Crippen molar-refractivity contribution in [3.63, 3.8) is 0 Å². The zero-order valence-electron chi connectivity index (χ0n) is 17.8. The van der Waals surface area contributed by atoms with Crippen LogP contribution < -0.4 is 19.5 Å². The molecule has 6 nitrogen and oxygen atoms in total. The fourth-order valence-electron chi connectivity index (χ4n) is 4.14. The van der Waals surface area contributed by atoms with Crippen LogP contribution in [0.3, 0.4) is 0 Å². The summed E-state index contributed by atoms with van der Waals surface area (Å²) >= 11 is 0. The van der Waals surface area contributed by atoms with Crippen LogP contribution in [0.15, 0.2) is 42.5 Å². The summed E-state index contributed by atoms with van der Waals surface area (Å²) in [7, 11) is 3.18. The van der Waals surface area contributed by atoms with Crippen molar-refractivity contribution in [1.82, 2.24) is 5.32 Å². The molecular formula is C24H29NO5. The molecule has 2 aromatic rings. The zero-order chi connectivity index (χ0) is 21.6. The van der Waals surface area contributed by atoms with Crippen LogP contribution in [-0.2, 0) is 10.2 Å². The molecular weight excluding hydrogens is 382 g/mol. The maximum absolute atomic E-state index is 12.5. The number of Topliss-reactive ketones (excluding diaryl/α,β-unsaturated/α-hetero) is 1. The first-order valence-electron chi connectivity index (χ1n) is 10.2. The Bertz CT molecular complexity index is 902. The topological polar surface area (TPSA) is 73.9 Å². The van der Waals surface area contributed by atoms with Gasteiger partial charge in [0.1, 0.15) is 5.75 Å². The summed E-state index contributed by atoms with van der Waals surface area (Å²) in [4.78, 5) is 24.0. The second-order valence-corrected chi connectivity index (χ2v) is 7.67. The molecule has 1 aliphatic carbocycles. The predicted octanol–water partition coefficient (Wildman–Crippen LogP) is 3.91.